The van der Waals surface area contributed by atoms with Crippen molar-refractivity contribution in [1.82, 2.24) is 19.9 Å². The predicted molar refractivity (Wildman–Crippen MR) is 105 cm³/mol. The summed E-state index contributed by atoms with van der Waals surface area (Å²) in [5, 5.41) is 3.69. The number of pyridine rings is 1. The number of esters is 1. The smallest absolute Gasteiger partial charge is 0.311 e. The standard InChI is InChI=1S/C21H21F2N5O2/c1-30-21(29)16-10-2-4-11(5-3-10)17(16)27-20-15(23)9-26-19(28-20)14-8-25-18-13(14)6-12(22)7-24-18/h6-11,16-17H,2-5H2,1H3,(H,24,25)(H,26,27,28)/t10?,11?,16?,17-/m0/s1. The van der Waals surface area contributed by atoms with E-state index in [1.165, 1.54) is 13.2 Å². The van der Waals surface area contributed by atoms with Gasteiger partial charge < -0.3 is 15.0 Å². The van der Waals surface area contributed by atoms with Gasteiger partial charge in [0, 0.05) is 23.2 Å². The van der Waals surface area contributed by atoms with Gasteiger partial charge in [0.05, 0.1) is 25.4 Å². The summed E-state index contributed by atoms with van der Waals surface area (Å²) in [5.41, 5.74) is 1.01. The van der Waals surface area contributed by atoms with E-state index in [0.717, 1.165) is 38.1 Å². The van der Waals surface area contributed by atoms with Crippen LogP contribution in [0.3, 0.4) is 0 Å². The number of anilines is 1. The van der Waals surface area contributed by atoms with Crippen LogP contribution in [0.4, 0.5) is 14.6 Å². The minimum absolute atomic E-state index is 0.0326. The highest BCUT2D eigenvalue weighted by Crippen LogP contribution is 2.46. The minimum atomic E-state index is -0.604. The van der Waals surface area contributed by atoms with Gasteiger partial charge >= 0.3 is 5.97 Å². The molecule has 6 rings (SSSR count). The van der Waals surface area contributed by atoms with Gasteiger partial charge in [0.25, 0.3) is 0 Å². The van der Waals surface area contributed by atoms with E-state index in [-0.39, 0.29) is 41.4 Å². The van der Waals surface area contributed by atoms with Crippen molar-refractivity contribution in [2.45, 2.75) is 31.7 Å². The molecule has 3 aromatic rings. The zero-order chi connectivity index (χ0) is 20.8. The van der Waals surface area contributed by atoms with Crippen molar-refractivity contribution in [3.8, 4) is 11.4 Å². The summed E-state index contributed by atoms with van der Waals surface area (Å²) < 4.78 is 33.3. The maximum absolute atomic E-state index is 14.6. The maximum Gasteiger partial charge on any atom is 0.311 e. The SMILES string of the molecule is COC(=O)C1C2CCC(CC2)[C@@H]1Nc1nc(-c2c[nH]c3ncc(F)cc23)ncc1F. The van der Waals surface area contributed by atoms with E-state index in [4.69, 9.17) is 4.74 Å². The number of aromatic amines is 1. The topological polar surface area (TPSA) is 92.8 Å². The Bertz CT molecular complexity index is 1110. The average molecular weight is 413 g/mol. The Kier molecular flexibility index (Phi) is 4.60. The highest BCUT2D eigenvalue weighted by molar-refractivity contribution is 5.91. The summed E-state index contributed by atoms with van der Waals surface area (Å²) in [6.45, 7) is 0. The molecule has 2 bridgehead atoms. The zero-order valence-corrected chi connectivity index (χ0v) is 16.4. The third kappa shape index (κ3) is 3.09. The van der Waals surface area contributed by atoms with E-state index in [9.17, 15) is 13.6 Å². The summed E-state index contributed by atoms with van der Waals surface area (Å²) in [5.74, 6) is -0.925. The Labute approximate surface area is 171 Å². The van der Waals surface area contributed by atoms with Crippen LogP contribution >= 0.6 is 0 Å². The average Bonchev–Trinajstić information content (AvgIpc) is 3.18. The van der Waals surface area contributed by atoms with E-state index in [1.54, 1.807) is 6.20 Å². The molecule has 3 saturated carbocycles. The molecule has 2 atom stereocenters. The highest BCUT2D eigenvalue weighted by Gasteiger charge is 2.48. The summed E-state index contributed by atoms with van der Waals surface area (Å²) >= 11 is 0. The molecule has 0 spiro atoms. The van der Waals surface area contributed by atoms with Crippen LogP contribution in [-0.2, 0) is 9.53 Å². The lowest BCUT2D eigenvalue weighted by atomic mass is 9.61. The Morgan fingerprint density at radius 1 is 1.17 bits per heavy atom. The predicted octanol–water partition coefficient (Wildman–Crippen LogP) is 3.69. The van der Waals surface area contributed by atoms with Crippen molar-refractivity contribution < 1.29 is 18.3 Å². The molecule has 2 N–H and O–H groups in total. The number of carbonyl (C=O) groups is 1. The first kappa shape index (κ1) is 18.9. The van der Waals surface area contributed by atoms with Gasteiger partial charge in [-0.05, 0) is 43.6 Å². The van der Waals surface area contributed by atoms with Gasteiger partial charge in [0.1, 0.15) is 11.5 Å². The number of hydrogen-bond acceptors (Lipinski definition) is 6. The highest BCUT2D eigenvalue weighted by atomic mass is 19.1. The second kappa shape index (κ2) is 7.30. The van der Waals surface area contributed by atoms with Crippen LogP contribution in [0.2, 0.25) is 0 Å². The van der Waals surface area contributed by atoms with Crippen LogP contribution in [0.1, 0.15) is 25.7 Å². The van der Waals surface area contributed by atoms with Crippen molar-refractivity contribution in [2.24, 2.45) is 17.8 Å². The lowest BCUT2D eigenvalue weighted by Gasteiger charge is -2.47. The molecule has 3 aromatic heterocycles. The fourth-order valence-electron chi connectivity index (χ4n) is 5.05. The second-order valence-corrected chi connectivity index (χ2v) is 8.04. The molecule has 7 nitrogen and oxygen atoms in total. The fourth-order valence-corrected chi connectivity index (χ4v) is 5.05. The van der Waals surface area contributed by atoms with Crippen molar-refractivity contribution in [3.05, 3.63) is 36.3 Å². The molecule has 9 heteroatoms. The number of nitrogens with zero attached hydrogens (tertiary/aromatic N) is 3. The van der Waals surface area contributed by atoms with Crippen LogP contribution in [0.15, 0.2) is 24.7 Å². The van der Waals surface area contributed by atoms with E-state index < -0.39 is 11.6 Å². The lowest BCUT2D eigenvalue weighted by molar-refractivity contribution is -0.152. The molecule has 3 aliphatic carbocycles. The van der Waals surface area contributed by atoms with Gasteiger partial charge in [-0.15, -0.1) is 0 Å². The Morgan fingerprint density at radius 2 is 1.93 bits per heavy atom. The number of rotatable bonds is 4. The number of hydrogen-bond donors (Lipinski definition) is 2. The molecule has 3 heterocycles. The van der Waals surface area contributed by atoms with Gasteiger partial charge in [0.15, 0.2) is 17.5 Å². The van der Waals surface area contributed by atoms with Crippen molar-refractivity contribution in [3.63, 3.8) is 0 Å². The molecule has 0 radical (unpaired) electrons. The van der Waals surface area contributed by atoms with Gasteiger partial charge in [-0.2, -0.15) is 0 Å². The summed E-state index contributed by atoms with van der Waals surface area (Å²) in [6, 6.07) is 1.09. The van der Waals surface area contributed by atoms with E-state index in [0.29, 0.717) is 16.6 Å². The van der Waals surface area contributed by atoms with E-state index in [1.807, 2.05) is 0 Å². The number of halogens is 2. The van der Waals surface area contributed by atoms with Gasteiger partial charge in [-0.1, -0.05) is 0 Å². The normalized spacial score (nSPS) is 25.4. The summed E-state index contributed by atoms with van der Waals surface area (Å²) in [4.78, 5) is 27.8. The Morgan fingerprint density at radius 3 is 2.70 bits per heavy atom. The summed E-state index contributed by atoms with van der Waals surface area (Å²) in [7, 11) is 1.38. The molecular formula is C21H21F2N5O2. The number of ether oxygens (including phenoxy) is 1. The minimum Gasteiger partial charge on any atom is -0.469 e. The maximum atomic E-state index is 14.6. The number of H-pyrrole nitrogens is 1. The molecule has 0 saturated heterocycles. The summed E-state index contributed by atoms with van der Waals surface area (Å²) in [6.07, 6.45) is 7.76. The largest absolute Gasteiger partial charge is 0.469 e. The molecule has 0 amide bonds. The first-order valence-corrected chi connectivity index (χ1v) is 10.0. The Hall–Kier alpha value is -3.10. The zero-order valence-electron chi connectivity index (χ0n) is 16.4. The van der Waals surface area contributed by atoms with Crippen LogP contribution in [-0.4, -0.2) is 39.1 Å². The molecule has 3 aliphatic rings. The molecule has 3 fully saturated rings. The third-order valence-corrected chi connectivity index (χ3v) is 6.48. The van der Waals surface area contributed by atoms with E-state index >= 15 is 0 Å². The molecule has 30 heavy (non-hydrogen) atoms. The van der Waals surface area contributed by atoms with Gasteiger partial charge in [0.2, 0.25) is 0 Å². The Balaban J connectivity index is 1.50. The first-order valence-electron chi connectivity index (χ1n) is 10.0. The quantitative estimate of drug-likeness (QED) is 0.634. The van der Waals surface area contributed by atoms with Crippen molar-refractivity contribution >= 4 is 22.8 Å². The third-order valence-electron chi connectivity index (χ3n) is 6.48. The van der Waals surface area contributed by atoms with Gasteiger partial charge in [-0.3, -0.25) is 4.79 Å². The van der Waals surface area contributed by atoms with Crippen LogP contribution in [0.25, 0.3) is 22.4 Å². The molecule has 0 aromatic carbocycles. The van der Waals surface area contributed by atoms with Crippen LogP contribution in [0.5, 0.6) is 0 Å². The van der Waals surface area contributed by atoms with E-state index in [2.05, 4.69) is 25.3 Å². The van der Waals surface area contributed by atoms with Crippen molar-refractivity contribution in [1.29, 1.82) is 0 Å². The molecule has 156 valence electrons. The lowest BCUT2D eigenvalue weighted by Crippen LogP contribution is -2.52. The number of carbonyl (C=O) groups excluding carboxylic acids is 1. The molecule has 1 unspecified atom stereocenters. The van der Waals surface area contributed by atoms with Crippen molar-refractivity contribution in [2.75, 3.05) is 12.4 Å². The first-order chi connectivity index (χ1) is 14.5. The van der Waals surface area contributed by atoms with Crippen LogP contribution in [0, 0.1) is 29.4 Å². The molecular weight excluding hydrogens is 392 g/mol. The van der Waals surface area contributed by atoms with Crippen LogP contribution < -0.4 is 5.32 Å². The monoisotopic (exact) mass is 413 g/mol. The number of fused-ring (bicyclic) bond motifs is 4. The number of methoxy groups -OCH3 is 1. The van der Waals surface area contributed by atoms with Gasteiger partial charge in [-0.25, -0.2) is 23.7 Å². The number of nitrogens with one attached hydrogen (secondary N) is 2. The molecule has 0 aliphatic heterocycles. The second-order valence-electron chi connectivity index (χ2n) is 8.04. The fraction of sp³-hybridized carbons (Fsp3) is 0.429. The number of aromatic nitrogens is 4.